The molecule has 0 atom stereocenters. The Bertz CT molecular complexity index is 4180. The molecule has 3 heterocycles. The van der Waals surface area contributed by atoms with E-state index in [1.165, 1.54) is 44.1 Å². The van der Waals surface area contributed by atoms with E-state index in [0.29, 0.717) is 0 Å². The molecule has 0 radical (unpaired) electrons. The van der Waals surface area contributed by atoms with Gasteiger partial charge in [-0.25, -0.2) is 0 Å². The van der Waals surface area contributed by atoms with E-state index in [4.69, 9.17) is 8.83 Å². The Morgan fingerprint density at radius 1 is 0.370 bits per heavy atom. The van der Waals surface area contributed by atoms with Crippen LogP contribution in [-0.4, -0.2) is 4.57 Å². The first-order chi connectivity index (χ1) is 35.5. The van der Waals surface area contributed by atoms with Crippen LogP contribution >= 0.6 is 0 Å². The number of para-hydroxylation sites is 7. The van der Waals surface area contributed by atoms with Crippen molar-refractivity contribution in [1.82, 2.24) is 4.57 Å². The van der Waals surface area contributed by atoms with Gasteiger partial charge in [0.1, 0.15) is 22.3 Å². The third kappa shape index (κ3) is 6.20. The molecule has 0 saturated carbocycles. The van der Waals surface area contributed by atoms with E-state index in [1.54, 1.807) is 0 Å². The maximum absolute atomic E-state index is 6.59. The number of anilines is 3. The van der Waals surface area contributed by atoms with Crippen LogP contribution in [0.2, 0.25) is 0 Å². The maximum atomic E-state index is 6.59. The Morgan fingerprint density at radius 3 is 1.38 bits per heavy atom. The van der Waals surface area contributed by atoms with Crippen LogP contribution in [0.25, 0.3) is 105 Å². The maximum Gasteiger partial charge on any atom is 0.143 e. The van der Waals surface area contributed by atoms with Crippen LogP contribution in [-0.2, 0) is 10.8 Å². The largest absolute Gasteiger partial charge is 0.455 e. The first kappa shape index (κ1) is 43.2. The molecule has 1 aliphatic rings. The topological polar surface area (TPSA) is 34.5 Å². The summed E-state index contributed by atoms with van der Waals surface area (Å²) >= 11 is 0. The van der Waals surface area contributed by atoms with Gasteiger partial charge in [-0.3, -0.25) is 0 Å². The summed E-state index contributed by atoms with van der Waals surface area (Å²) in [6.45, 7) is 14.7. The van der Waals surface area contributed by atoms with Gasteiger partial charge in [0.25, 0.3) is 0 Å². The average Bonchev–Trinajstić information content (AvgIpc) is 4.14. The van der Waals surface area contributed by atoms with Crippen molar-refractivity contribution in [2.45, 2.75) is 52.4 Å². The molecule has 0 N–H and O–H groups in total. The molecule has 0 unspecified atom stereocenters. The van der Waals surface area contributed by atoms with Crippen LogP contribution in [0.4, 0.5) is 17.1 Å². The van der Waals surface area contributed by atoms with Gasteiger partial charge in [0, 0.05) is 71.6 Å². The van der Waals surface area contributed by atoms with E-state index in [1.807, 2.05) is 12.1 Å². The molecular formula is C69H54N2O2. The molecule has 3 aromatic heterocycles. The lowest BCUT2D eigenvalue weighted by atomic mass is 9.59. The number of benzene rings is 10. The van der Waals surface area contributed by atoms with E-state index >= 15 is 0 Å². The standard InChI is InChI=1S/C69H54N2O2/c1-67(2)58-41-57(54-27-18-26-53-50-21-10-13-30-60(50)71(64(53)54)45-19-8-7-9-20-45)61(42-59(58)68(3,4)69(67,5)6)70(46-37-33-43(34-38-46)48-24-16-28-55-51-22-11-14-31-62(51)72-65(48)55)47-39-35-44(36-40-47)49-25-17-29-56-52-23-12-15-32-63(52)73-66(49)56/h7-42H,1-6H3. The quantitative estimate of drug-likeness (QED) is 0.160. The van der Waals surface area contributed by atoms with Crippen molar-refractivity contribution in [3.05, 3.63) is 230 Å². The molecule has 14 rings (SSSR count). The zero-order valence-electron chi connectivity index (χ0n) is 42.0. The number of hydrogen-bond acceptors (Lipinski definition) is 3. The summed E-state index contributed by atoms with van der Waals surface area (Å²) in [5.74, 6) is 0. The van der Waals surface area contributed by atoms with E-state index in [9.17, 15) is 0 Å². The fourth-order valence-electron chi connectivity index (χ4n) is 12.5. The smallest absolute Gasteiger partial charge is 0.143 e. The van der Waals surface area contributed by atoms with E-state index in [0.717, 1.165) is 88.9 Å². The van der Waals surface area contributed by atoms with Crippen molar-refractivity contribution in [3.63, 3.8) is 0 Å². The minimum absolute atomic E-state index is 0.0629. The molecule has 13 aromatic rings. The lowest BCUT2D eigenvalue weighted by molar-refractivity contribution is 0.125. The van der Waals surface area contributed by atoms with Gasteiger partial charge >= 0.3 is 0 Å². The summed E-state index contributed by atoms with van der Waals surface area (Å²) in [5.41, 5.74) is 19.4. The minimum Gasteiger partial charge on any atom is -0.455 e. The Labute approximate surface area is 425 Å². The number of fused-ring (bicyclic) bond motifs is 10. The summed E-state index contributed by atoms with van der Waals surface area (Å²) in [6, 6.07) is 79.5. The van der Waals surface area contributed by atoms with Crippen LogP contribution in [0.5, 0.6) is 0 Å². The fraction of sp³-hybridized carbons (Fsp3) is 0.130. The minimum atomic E-state index is -0.153. The molecule has 0 amide bonds. The Morgan fingerprint density at radius 2 is 0.822 bits per heavy atom. The normalized spacial score (nSPS) is 14.8. The van der Waals surface area contributed by atoms with E-state index in [-0.39, 0.29) is 16.2 Å². The molecule has 0 aliphatic heterocycles. The lowest BCUT2D eigenvalue weighted by Gasteiger charge is -2.44. The zero-order chi connectivity index (χ0) is 49.4. The molecule has 4 heteroatoms. The number of furan rings is 2. The Hall–Kier alpha value is -8.60. The van der Waals surface area contributed by atoms with Crippen LogP contribution in [0.15, 0.2) is 227 Å². The summed E-state index contributed by atoms with van der Waals surface area (Å²) in [7, 11) is 0. The van der Waals surface area contributed by atoms with Crippen LogP contribution in [0, 0.1) is 5.41 Å². The molecule has 0 spiro atoms. The van der Waals surface area contributed by atoms with Crippen molar-refractivity contribution in [2.24, 2.45) is 5.41 Å². The van der Waals surface area contributed by atoms with E-state index < -0.39 is 0 Å². The van der Waals surface area contributed by atoms with Crippen molar-refractivity contribution in [2.75, 3.05) is 4.90 Å². The lowest BCUT2D eigenvalue weighted by Crippen LogP contribution is -2.42. The number of nitrogens with zero attached hydrogens (tertiary/aromatic N) is 2. The average molecular weight is 943 g/mol. The molecule has 10 aromatic carbocycles. The summed E-state index contributed by atoms with van der Waals surface area (Å²) in [4.78, 5) is 2.50. The van der Waals surface area contributed by atoms with Crippen molar-refractivity contribution in [1.29, 1.82) is 0 Å². The Kier molecular flexibility index (Phi) is 9.29. The van der Waals surface area contributed by atoms with Gasteiger partial charge in [-0.15, -0.1) is 0 Å². The number of rotatable bonds is 7. The first-order valence-electron chi connectivity index (χ1n) is 25.6. The van der Waals surface area contributed by atoms with Crippen molar-refractivity contribution in [3.8, 4) is 39.1 Å². The summed E-state index contributed by atoms with van der Waals surface area (Å²) in [5, 5.41) is 6.95. The summed E-state index contributed by atoms with van der Waals surface area (Å²) in [6.07, 6.45) is 0. The molecular weight excluding hydrogens is 889 g/mol. The molecule has 0 bridgehead atoms. The highest BCUT2D eigenvalue weighted by molar-refractivity contribution is 6.15. The second-order valence-electron chi connectivity index (χ2n) is 21.7. The molecule has 1 aliphatic carbocycles. The SMILES string of the molecule is CC1(C)c2cc(-c3cccc4c5ccccc5n(-c5ccccc5)c34)c(N(c3ccc(-c4cccc5c4oc4ccccc45)cc3)c3ccc(-c4cccc5c4oc4ccccc45)cc3)cc2C(C)(C)C1(C)C. The van der Waals surface area contributed by atoms with Gasteiger partial charge in [-0.2, -0.15) is 0 Å². The highest BCUT2D eigenvalue weighted by Gasteiger charge is 2.57. The predicted molar refractivity (Wildman–Crippen MR) is 306 cm³/mol. The van der Waals surface area contributed by atoms with Crippen LogP contribution < -0.4 is 4.90 Å². The molecule has 0 fully saturated rings. The fourth-order valence-corrected chi connectivity index (χ4v) is 12.5. The van der Waals surface area contributed by atoms with Gasteiger partial charge in [-0.1, -0.05) is 193 Å². The third-order valence-corrected chi connectivity index (χ3v) is 17.5. The summed E-state index contributed by atoms with van der Waals surface area (Å²) < 4.78 is 15.6. The molecule has 73 heavy (non-hydrogen) atoms. The second kappa shape index (κ2) is 15.7. The number of hydrogen-bond donors (Lipinski definition) is 0. The third-order valence-electron chi connectivity index (χ3n) is 17.5. The highest BCUT2D eigenvalue weighted by atomic mass is 16.3. The predicted octanol–water partition coefficient (Wildman–Crippen LogP) is 19.6. The monoisotopic (exact) mass is 942 g/mol. The van der Waals surface area contributed by atoms with Crippen LogP contribution in [0.3, 0.4) is 0 Å². The van der Waals surface area contributed by atoms with Crippen LogP contribution in [0.1, 0.15) is 52.7 Å². The molecule has 0 saturated heterocycles. The Balaban J connectivity index is 1.03. The first-order valence-corrected chi connectivity index (χ1v) is 25.6. The van der Waals surface area contributed by atoms with Gasteiger partial charge < -0.3 is 18.3 Å². The number of aromatic nitrogens is 1. The zero-order valence-corrected chi connectivity index (χ0v) is 42.0. The van der Waals surface area contributed by atoms with Gasteiger partial charge in [0.2, 0.25) is 0 Å². The molecule has 4 nitrogen and oxygen atoms in total. The van der Waals surface area contributed by atoms with Gasteiger partial charge in [-0.05, 0) is 105 Å². The van der Waals surface area contributed by atoms with Crippen molar-refractivity contribution < 1.29 is 8.83 Å². The van der Waals surface area contributed by atoms with E-state index in [2.05, 4.69) is 257 Å². The molecule has 352 valence electrons. The second-order valence-corrected chi connectivity index (χ2v) is 21.7. The van der Waals surface area contributed by atoms with Gasteiger partial charge in [0.05, 0.1) is 16.7 Å². The van der Waals surface area contributed by atoms with Gasteiger partial charge in [0.15, 0.2) is 0 Å². The van der Waals surface area contributed by atoms with Crippen molar-refractivity contribution >= 4 is 82.7 Å². The highest BCUT2D eigenvalue weighted by Crippen LogP contribution is 2.63.